The lowest BCUT2D eigenvalue weighted by atomic mass is 10.0. The first kappa shape index (κ1) is 15.7. The Labute approximate surface area is 133 Å². The van der Waals surface area contributed by atoms with Crippen molar-refractivity contribution in [2.75, 3.05) is 11.5 Å². The van der Waals surface area contributed by atoms with Gasteiger partial charge < -0.3 is 5.32 Å². The summed E-state index contributed by atoms with van der Waals surface area (Å²) in [5, 5.41) is 7.92. The average molecular weight is 335 g/mol. The van der Waals surface area contributed by atoms with Crippen molar-refractivity contribution < 1.29 is 13.2 Å². The van der Waals surface area contributed by atoms with Gasteiger partial charge in [-0.2, -0.15) is 5.10 Å². The van der Waals surface area contributed by atoms with Crippen LogP contribution in [0.1, 0.15) is 13.3 Å². The van der Waals surface area contributed by atoms with Gasteiger partial charge in [-0.05, 0) is 19.4 Å². The Morgan fingerprint density at radius 3 is 2.83 bits per heavy atom. The normalized spacial score (nSPS) is 23.0. The van der Waals surface area contributed by atoms with E-state index in [0.29, 0.717) is 17.2 Å². The minimum atomic E-state index is -3.11. The quantitative estimate of drug-likeness (QED) is 0.857. The Balaban J connectivity index is 1.79. The van der Waals surface area contributed by atoms with Crippen LogP contribution in [-0.2, 0) is 21.2 Å². The molecule has 0 aliphatic carbocycles. The van der Waals surface area contributed by atoms with Gasteiger partial charge in [-0.3, -0.25) is 9.59 Å². The number of amides is 1. The molecule has 7 nitrogen and oxygen atoms in total. The van der Waals surface area contributed by atoms with Gasteiger partial charge in [-0.1, -0.05) is 18.2 Å². The highest BCUT2D eigenvalue weighted by Crippen LogP contribution is 2.22. The van der Waals surface area contributed by atoms with Gasteiger partial charge in [0, 0.05) is 5.39 Å². The number of hydrogen-bond donors (Lipinski definition) is 1. The summed E-state index contributed by atoms with van der Waals surface area (Å²) in [4.78, 5) is 24.5. The molecule has 1 N–H and O–H groups in total. The number of nitrogens with zero attached hydrogens (tertiary/aromatic N) is 2. The Hall–Kier alpha value is -2.22. The van der Waals surface area contributed by atoms with Crippen molar-refractivity contribution >= 4 is 26.5 Å². The fourth-order valence-corrected chi connectivity index (χ4v) is 4.95. The highest BCUT2D eigenvalue weighted by Gasteiger charge is 2.39. The summed E-state index contributed by atoms with van der Waals surface area (Å²) >= 11 is 0. The van der Waals surface area contributed by atoms with E-state index in [9.17, 15) is 18.0 Å². The minimum Gasteiger partial charge on any atom is -0.348 e. The first-order chi connectivity index (χ1) is 10.8. The SMILES string of the molecule is C[C@]1(NC(=O)Cn2ncc3ccccc3c2=O)CCS(=O)(=O)C1. The van der Waals surface area contributed by atoms with Gasteiger partial charge in [0.25, 0.3) is 5.56 Å². The highest BCUT2D eigenvalue weighted by molar-refractivity contribution is 7.91. The first-order valence-electron chi connectivity index (χ1n) is 7.24. The van der Waals surface area contributed by atoms with E-state index in [1.54, 1.807) is 25.1 Å². The fourth-order valence-electron chi connectivity index (χ4n) is 2.86. The zero-order valence-electron chi connectivity index (χ0n) is 12.7. The first-order valence-corrected chi connectivity index (χ1v) is 9.07. The second kappa shape index (κ2) is 5.45. The van der Waals surface area contributed by atoms with Crippen LogP contribution in [0.15, 0.2) is 35.3 Å². The van der Waals surface area contributed by atoms with E-state index in [-0.39, 0.29) is 23.6 Å². The lowest BCUT2D eigenvalue weighted by molar-refractivity contribution is -0.123. The van der Waals surface area contributed by atoms with E-state index in [1.165, 1.54) is 6.20 Å². The summed E-state index contributed by atoms with van der Waals surface area (Å²) in [6, 6.07) is 7.01. The second-order valence-electron chi connectivity index (χ2n) is 6.15. The van der Waals surface area contributed by atoms with Gasteiger partial charge in [-0.15, -0.1) is 0 Å². The zero-order valence-corrected chi connectivity index (χ0v) is 13.5. The van der Waals surface area contributed by atoms with Gasteiger partial charge in [0.05, 0.1) is 28.6 Å². The van der Waals surface area contributed by atoms with Gasteiger partial charge in [-0.25, -0.2) is 13.1 Å². The van der Waals surface area contributed by atoms with Crippen LogP contribution in [0.2, 0.25) is 0 Å². The number of sulfone groups is 1. The van der Waals surface area contributed by atoms with E-state index in [4.69, 9.17) is 0 Å². The molecular formula is C15H17N3O4S. The van der Waals surface area contributed by atoms with Crippen LogP contribution in [0.4, 0.5) is 0 Å². The van der Waals surface area contributed by atoms with Crippen molar-refractivity contribution in [3.8, 4) is 0 Å². The molecule has 8 heteroatoms. The molecule has 2 aromatic rings. The molecule has 23 heavy (non-hydrogen) atoms. The molecule has 1 atom stereocenters. The van der Waals surface area contributed by atoms with Gasteiger partial charge in [0.15, 0.2) is 9.84 Å². The molecule has 0 bridgehead atoms. The van der Waals surface area contributed by atoms with Crippen LogP contribution in [0.25, 0.3) is 10.8 Å². The standard InChI is InChI=1S/C15H17N3O4S/c1-15(6-7-23(21,22)10-15)17-13(19)9-18-14(20)12-5-3-2-4-11(12)8-16-18/h2-5,8H,6-7,9-10H2,1H3,(H,17,19)/t15-/m0/s1. The number of carbonyl (C=O) groups excluding carboxylic acids is 1. The molecule has 2 heterocycles. The topological polar surface area (TPSA) is 98.1 Å². The third-order valence-electron chi connectivity index (χ3n) is 4.00. The minimum absolute atomic E-state index is 0.0674. The molecule has 1 aliphatic heterocycles. The summed E-state index contributed by atoms with van der Waals surface area (Å²) < 4.78 is 24.2. The monoisotopic (exact) mass is 335 g/mol. The lowest BCUT2D eigenvalue weighted by Gasteiger charge is -2.23. The van der Waals surface area contributed by atoms with Crippen LogP contribution >= 0.6 is 0 Å². The van der Waals surface area contributed by atoms with Gasteiger partial charge in [0.1, 0.15) is 6.54 Å². The number of aromatic nitrogens is 2. The summed E-state index contributed by atoms with van der Waals surface area (Å²) in [7, 11) is -3.11. The third kappa shape index (κ3) is 3.26. The van der Waals surface area contributed by atoms with Crippen molar-refractivity contribution in [2.24, 2.45) is 0 Å². The molecular weight excluding hydrogens is 318 g/mol. The zero-order chi connectivity index (χ0) is 16.7. The molecule has 1 saturated heterocycles. The molecule has 1 aromatic heterocycles. The molecule has 0 radical (unpaired) electrons. The number of hydrogen-bond acceptors (Lipinski definition) is 5. The van der Waals surface area contributed by atoms with Crippen molar-refractivity contribution in [3.05, 3.63) is 40.8 Å². The number of fused-ring (bicyclic) bond motifs is 1. The van der Waals surface area contributed by atoms with Crippen LogP contribution in [0.3, 0.4) is 0 Å². The molecule has 0 unspecified atom stereocenters. The molecule has 0 spiro atoms. The van der Waals surface area contributed by atoms with E-state index in [1.807, 2.05) is 6.07 Å². The second-order valence-corrected chi connectivity index (χ2v) is 8.33. The van der Waals surface area contributed by atoms with E-state index in [0.717, 1.165) is 4.68 Å². The van der Waals surface area contributed by atoms with Crippen molar-refractivity contribution in [1.29, 1.82) is 0 Å². The Morgan fingerprint density at radius 1 is 1.39 bits per heavy atom. The largest absolute Gasteiger partial charge is 0.348 e. The summed E-state index contributed by atoms with van der Waals surface area (Å²) in [5.41, 5.74) is -1.13. The molecule has 0 saturated carbocycles. The summed E-state index contributed by atoms with van der Waals surface area (Å²) in [6.45, 7) is 1.46. The fraction of sp³-hybridized carbons (Fsp3) is 0.400. The van der Waals surface area contributed by atoms with Crippen molar-refractivity contribution in [2.45, 2.75) is 25.4 Å². The number of nitrogens with one attached hydrogen (secondary N) is 1. The number of rotatable bonds is 3. The van der Waals surface area contributed by atoms with Crippen LogP contribution in [0.5, 0.6) is 0 Å². The van der Waals surface area contributed by atoms with E-state index >= 15 is 0 Å². The number of carbonyl (C=O) groups is 1. The van der Waals surface area contributed by atoms with Crippen molar-refractivity contribution in [1.82, 2.24) is 15.1 Å². The van der Waals surface area contributed by atoms with E-state index in [2.05, 4.69) is 10.4 Å². The summed E-state index contributed by atoms with van der Waals surface area (Å²) in [6.07, 6.45) is 1.91. The maximum absolute atomic E-state index is 12.3. The molecule has 1 fully saturated rings. The molecule has 1 aromatic carbocycles. The number of benzene rings is 1. The van der Waals surface area contributed by atoms with Crippen LogP contribution in [-0.4, -0.2) is 41.2 Å². The Bertz CT molecular complexity index is 935. The van der Waals surface area contributed by atoms with Crippen LogP contribution in [0, 0.1) is 0 Å². The average Bonchev–Trinajstić information content (AvgIpc) is 2.75. The van der Waals surface area contributed by atoms with E-state index < -0.39 is 21.3 Å². The third-order valence-corrected chi connectivity index (χ3v) is 5.90. The molecule has 3 rings (SSSR count). The highest BCUT2D eigenvalue weighted by atomic mass is 32.2. The van der Waals surface area contributed by atoms with Crippen LogP contribution < -0.4 is 10.9 Å². The Morgan fingerprint density at radius 2 is 2.13 bits per heavy atom. The van der Waals surface area contributed by atoms with Gasteiger partial charge >= 0.3 is 0 Å². The Kier molecular flexibility index (Phi) is 3.71. The predicted molar refractivity (Wildman–Crippen MR) is 85.8 cm³/mol. The smallest absolute Gasteiger partial charge is 0.275 e. The van der Waals surface area contributed by atoms with Crippen molar-refractivity contribution in [3.63, 3.8) is 0 Å². The van der Waals surface area contributed by atoms with Gasteiger partial charge in [0.2, 0.25) is 5.91 Å². The maximum atomic E-state index is 12.3. The lowest BCUT2D eigenvalue weighted by Crippen LogP contribution is -2.48. The predicted octanol–water partition coefficient (Wildman–Crippen LogP) is 0.0899. The maximum Gasteiger partial charge on any atom is 0.275 e. The molecule has 122 valence electrons. The molecule has 1 amide bonds. The summed E-state index contributed by atoms with van der Waals surface area (Å²) in [5.74, 6) is -0.432. The molecule has 1 aliphatic rings.